The smallest absolute Gasteiger partial charge is 0.357 e. The first-order chi connectivity index (χ1) is 19.1. The number of para-hydroxylation sites is 1. The van der Waals surface area contributed by atoms with Crippen LogP contribution >= 0.6 is 27.5 Å². The molecule has 0 saturated heterocycles. The van der Waals surface area contributed by atoms with E-state index in [2.05, 4.69) is 21.0 Å². The fourth-order valence-corrected chi connectivity index (χ4v) is 4.52. The summed E-state index contributed by atoms with van der Waals surface area (Å²) in [6.07, 6.45) is 0.750. The summed E-state index contributed by atoms with van der Waals surface area (Å²) in [5, 5.41) is 14.5. The Labute approximate surface area is 245 Å². The molecule has 1 N–H and O–H groups in total. The fraction of sp³-hybridized carbons (Fsp3) is 0.200. The van der Waals surface area contributed by atoms with Crippen molar-refractivity contribution in [3.05, 3.63) is 104 Å². The van der Waals surface area contributed by atoms with Crippen molar-refractivity contribution in [1.29, 1.82) is 0 Å². The second-order valence-electron chi connectivity index (χ2n) is 9.39. The number of aromatic nitrogens is 4. The summed E-state index contributed by atoms with van der Waals surface area (Å²) in [5.74, 6) is -0.969. The van der Waals surface area contributed by atoms with Crippen molar-refractivity contribution in [2.75, 3.05) is 0 Å². The number of hydrogen-bond acceptors (Lipinski definition) is 5. The molecule has 2 heterocycles. The minimum atomic E-state index is -1.31. The number of carboxylic acid groups (broad SMARTS) is 1. The average Bonchev–Trinajstić information content (AvgIpc) is 3.30. The molecule has 2 aromatic heterocycles. The monoisotopic (exact) mass is 622 g/mol. The van der Waals surface area contributed by atoms with Gasteiger partial charge in [-0.3, -0.25) is 9.36 Å². The third kappa shape index (κ3) is 6.50. The van der Waals surface area contributed by atoms with Crippen LogP contribution in [0.3, 0.4) is 0 Å². The van der Waals surface area contributed by atoms with Gasteiger partial charge in [0.05, 0.1) is 23.6 Å². The summed E-state index contributed by atoms with van der Waals surface area (Å²) in [5.41, 5.74) is 1.02. The van der Waals surface area contributed by atoms with E-state index < -0.39 is 11.5 Å². The Morgan fingerprint density at radius 3 is 2.02 bits per heavy atom. The van der Waals surface area contributed by atoms with Crippen molar-refractivity contribution >= 4 is 44.5 Å². The predicted molar refractivity (Wildman–Crippen MR) is 161 cm³/mol. The normalized spacial score (nSPS) is 11.1. The van der Waals surface area contributed by atoms with Crippen LogP contribution in [-0.4, -0.2) is 42.6 Å². The van der Waals surface area contributed by atoms with Gasteiger partial charge in [0.25, 0.3) is 5.56 Å². The second kappa shape index (κ2) is 12.6. The largest absolute Gasteiger partial charge is 0.476 e. The van der Waals surface area contributed by atoms with Crippen molar-refractivity contribution < 1.29 is 14.6 Å². The molecule has 40 heavy (non-hydrogen) atoms. The van der Waals surface area contributed by atoms with Gasteiger partial charge in [0.2, 0.25) is 0 Å². The van der Waals surface area contributed by atoms with E-state index in [0.717, 1.165) is 4.47 Å². The molecule has 206 valence electrons. The molecule has 5 aromatic rings. The zero-order chi connectivity index (χ0) is 29.0. The number of benzene rings is 3. The standard InChI is InChI=1S/C24H14BrClN4O3.C6H14O/c25-15-8-6-14(7-9-15)21-27-22-19(23(31)29(21)17-12-10-16(26)11-13-17)20(24(32)33)28-30(22)18-4-2-1-3-5-18;1-5(2)7-6(3)4/h1-13H,(H,32,33);5-6H,1-4H3. The Morgan fingerprint density at radius 2 is 1.50 bits per heavy atom. The Balaban J connectivity index is 0.000000470. The Bertz CT molecular complexity index is 1670. The zero-order valence-electron chi connectivity index (χ0n) is 22.4. The van der Waals surface area contributed by atoms with Crippen LogP contribution in [0, 0.1) is 0 Å². The highest BCUT2D eigenvalue weighted by molar-refractivity contribution is 9.10. The molecule has 0 bridgehead atoms. The van der Waals surface area contributed by atoms with Gasteiger partial charge in [-0.05, 0) is 76.2 Å². The molecule has 0 aliphatic carbocycles. The SMILES string of the molecule is CC(C)OC(C)C.O=C(O)c1nn(-c2ccccc2)c2nc(-c3ccc(Br)cc3)n(-c3ccc(Cl)cc3)c(=O)c12. The van der Waals surface area contributed by atoms with Gasteiger partial charge in [0.15, 0.2) is 11.3 Å². The molecule has 5 rings (SSSR count). The first-order valence-electron chi connectivity index (χ1n) is 12.6. The molecule has 8 nitrogen and oxygen atoms in total. The Kier molecular flexibility index (Phi) is 9.19. The molecule has 0 spiro atoms. The summed E-state index contributed by atoms with van der Waals surface area (Å²) >= 11 is 9.47. The summed E-state index contributed by atoms with van der Waals surface area (Å²) in [6, 6.07) is 23.0. The molecule has 0 aliphatic heterocycles. The lowest BCUT2D eigenvalue weighted by Gasteiger charge is -2.14. The van der Waals surface area contributed by atoms with Crippen molar-refractivity contribution in [2.24, 2.45) is 0 Å². The van der Waals surface area contributed by atoms with Gasteiger partial charge in [-0.1, -0.05) is 57.9 Å². The maximum absolute atomic E-state index is 13.8. The summed E-state index contributed by atoms with van der Waals surface area (Å²) < 4.78 is 8.88. The van der Waals surface area contributed by atoms with E-state index in [4.69, 9.17) is 21.3 Å². The minimum Gasteiger partial charge on any atom is -0.476 e. The number of ether oxygens (including phenoxy) is 1. The second-order valence-corrected chi connectivity index (χ2v) is 10.7. The lowest BCUT2D eigenvalue weighted by atomic mass is 10.2. The van der Waals surface area contributed by atoms with Gasteiger partial charge < -0.3 is 9.84 Å². The molecule has 0 atom stereocenters. The van der Waals surface area contributed by atoms with E-state index in [1.165, 1.54) is 9.25 Å². The van der Waals surface area contributed by atoms with E-state index >= 15 is 0 Å². The number of hydrogen-bond donors (Lipinski definition) is 1. The van der Waals surface area contributed by atoms with E-state index in [1.807, 2.05) is 58.0 Å². The van der Waals surface area contributed by atoms with Crippen LogP contribution in [-0.2, 0) is 4.74 Å². The van der Waals surface area contributed by atoms with E-state index in [9.17, 15) is 14.7 Å². The quantitative estimate of drug-likeness (QED) is 0.215. The molecular weight excluding hydrogens is 596 g/mol. The number of halogens is 2. The molecule has 0 radical (unpaired) electrons. The third-order valence-electron chi connectivity index (χ3n) is 5.64. The van der Waals surface area contributed by atoms with Gasteiger partial charge >= 0.3 is 5.97 Å². The van der Waals surface area contributed by atoms with Gasteiger partial charge in [-0.2, -0.15) is 5.10 Å². The number of carboxylic acids is 1. The van der Waals surface area contributed by atoms with Crippen molar-refractivity contribution in [2.45, 2.75) is 39.9 Å². The van der Waals surface area contributed by atoms with Crippen LogP contribution in [0.5, 0.6) is 0 Å². The van der Waals surface area contributed by atoms with Crippen LogP contribution in [0.15, 0.2) is 88.1 Å². The third-order valence-corrected chi connectivity index (χ3v) is 6.42. The van der Waals surface area contributed by atoms with Crippen LogP contribution < -0.4 is 5.56 Å². The maximum atomic E-state index is 13.8. The number of carbonyl (C=O) groups is 1. The molecule has 0 aliphatic rings. The van der Waals surface area contributed by atoms with Crippen LogP contribution in [0.4, 0.5) is 0 Å². The summed E-state index contributed by atoms with van der Waals surface area (Å²) in [7, 11) is 0. The Hall–Kier alpha value is -3.79. The van der Waals surface area contributed by atoms with Gasteiger partial charge in [0.1, 0.15) is 11.2 Å². The Morgan fingerprint density at radius 1 is 0.900 bits per heavy atom. The molecule has 0 fully saturated rings. The summed E-state index contributed by atoms with van der Waals surface area (Å²) in [4.78, 5) is 30.6. The van der Waals surface area contributed by atoms with Crippen molar-refractivity contribution in [3.8, 4) is 22.8 Å². The first kappa shape index (κ1) is 29.2. The number of rotatable bonds is 6. The van der Waals surface area contributed by atoms with Crippen molar-refractivity contribution in [3.63, 3.8) is 0 Å². The van der Waals surface area contributed by atoms with Gasteiger partial charge in [-0.25, -0.2) is 14.5 Å². The zero-order valence-corrected chi connectivity index (χ0v) is 24.7. The van der Waals surface area contributed by atoms with E-state index in [0.29, 0.717) is 40.0 Å². The summed E-state index contributed by atoms with van der Waals surface area (Å²) in [6.45, 7) is 8.17. The lowest BCUT2D eigenvalue weighted by molar-refractivity contribution is 0.0300. The van der Waals surface area contributed by atoms with Crippen molar-refractivity contribution in [1.82, 2.24) is 19.3 Å². The highest BCUT2D eigenvalue weighted by atomic mass is 79.9. The van der Waals surface area contributed by atoms with E-state index in [1.54, 1.807) is 48.5 Å². The van der Waals surface area contributed by atoms with Gasteiger partial charge in [-0.15, -0.1) is 0 Å². The van der Waals surface area contributed by atoms with Crippen LogP contribution in [0.2, 0.25) is 5.02 Å². The van der Waals surface area contributed by atoms with Gasteiger partial charge in [0, 0.05) is 15.1 Å². The highest BCUT2D eigenvalue weighted by Gasteiger charge is 2.25. The topological polar surface area (TPSA) is 99.2 Å². The molecular formula is C30H28BrClN4O4. The van der Waals surface area contributed by atoms with E-state index in [-0.39, 0.29) is 16.7 Å². The number of aromatic carboxylic acids is 1. The van der Waals surface area contributed by atoms with Crippen LogP contribution in [0.25, 0.3) is 33.8 Å². The molecule has 3 aromatic carbocycles. The molecule has 0 saturated carbocycles. The maximum Gasteiger partial charge on any atom is 0.357 e. The molecule has 0 unspecified atom stereocenters. The lowest BCUT2D eigenvalue weighted by Crippen LogP contribution is -2.23. The van der Waals surface area contributed by atoms with Crippen LogP contribution in [0.1, 0.15) is 38.2 Å². The predicted octanol–water partition coefficient (Wildman–Crippen LogP) is 7.17. The fourth-order valence-electron chi connectivity index (χ4n) is 4.13. The minimum absolute atomic E-state index is 0.0813. The highest BCUT2D eigenvalue weighted by Crippen LogP contribution is 2.27. The molecule has 0 amide bonds. The number of nitrogens with zero attached hydrogens (tertiary/aromatic N) is 4. The first-order valence-corrected chi connectivity index (χ1v) is 13.8. The number of fused-ring (bicyclic) bond motifs is 1. The average molecular weight is 624 g/mol. The molecule has 10 heteroatoms.